The Morgan fingerprint density at radius 1 is 1.11 bits per heavy atom. The first-order valence-electron chi connectivity index (χ1n) is 8.42. The number of hydrogen-bond acceptors (Lipinski definition) is 4. The van der Waals surface area contributed by atoms with Gasteiger partial charge in [-0.3, -0.25) is 14.3 Å². The number of para-hydroxylation sites is 2. The fraction of sp³-hybridized carbons (Fsp3) is 0.211. The molecule has 0 N–H and O–H groups in total. The van der Waals surface area contributed by atoms with Crippen LogP contribution in [0.4, 0.5) is 8.78 Å². The topological polar surface area (TPSA) is 56.0 Å². The smallest absolute Gasteiger partial charge is 0.280 e. The quantitative estimate of drug-likeness (QED) is 0.542. The molecule has 0 unspecified atom stereocenters. The molecule has 2 aromatic heterocycles. The zero-order valence-electron chi connectivity index (χ0n) is 14.6. The van der Waals surface area contributed by atoms with Gasteiger partial charge in [-0.15, -0.1) is 0 Å². The highest BCUT2D eigenvalue weighted by atomic mass is 19.3. The van der Waals surface area contributed by atoms with Crippen molar-refractivity contribution < 1.29 is 8.78 Å². The molecule has 2 aromatic carbocycles. The van der Waals surface area contributed by atoms with E-state index in [1.807, 2.05) is 12.1 Å². The van der Waals surface area contributed by atoms with Gasteiger partial charge in [0, 0.05) is 5.39 Å². The van der Waals surface area contributed by atoms with E-state index in [-0.39, 0.29) is 24.6 Å². The van der Waals surface area contributed by atoms with E-state index in [1.54, 1.807) is 54.5 Å². The summed E-state index contributed by atoms with van der Waals surface area (Å²) in [6.45, 7) is -2.38. The van der Waals surface area contributed by atoms with Crippen LogP contribution in [0.2, 0.25) is 0 Å². The lowest BCUT2D eigenvalue weighted by molar-refractivity contribution is 0.0680. The number of hydrogen-bond donors (Lipinski definition) is 0. The number of fused-ring (bicyclic) bond motifs is 2. The van der Waals surface area contributed by atoms with Gasteiger partial charge in [0.15, 0.2) is 0 Å². The van der Waals surface area contributed by atoms with Crippen LogP contribution in [0, 0.1) is 0 Å². The van der Waals surface area contributed by atoms with E-state index in [9.17, 15) is 13.6 Å². The third-order valence-electron chi connectivity index (χ3n) is 4.41. The molecular formula is C19H17F2N5O. The van der Waals surface area contributed by atoms with Crippen LogP contribution in [-0.2, 0) is 13.2 Å². The standard InChI is InChI=1S/C19H17F2N5O/c1-24(12-25-18(27)14-7-3-2-6-13(14)10-22-25)11-17-23-15-8-4-5-9-16(15)26(17)19(20)21/h2-10,19H,11-12H2,1H3. The van der Waals surface area contributed by atoms with Crippen molar-refractivity contribution in [2.75, 3.05) is 7.05 Å². The minimum Gasteiger partial charge on any atom is -0.280 e. The van der Waals surface area contributed by atoms with E-state index in [0.717, 1.165) is 9.95 Å². The van der Waals surface area contributed by atoms with Crippen LogP contribution in [0.5, 0.6) is 0 Å². The molecule has 0 bridgehead atoms. The van der Waals surface area contributed by atoms with Crippen molar-refractivity contribution in [1.29, 1.82) is 0 Å². The van der Waals surface area contributed by atoms with Crippen molar-refractivity contribution in [3.63, 3.8) is 0 Å². The Labute approximate surface area is 153 Å². The maximum absolute atomic E-state index is 13.5. The lowest BCUT2D eigenvalue weighted by Gasteiger charge is -2.18. The number of aromatic nitrogens is 4. The number of halogens is 2. The highest BCUT2D eigenvalue weighted by Gasteiger charge is 2.19. The van der Waals surface area contributed by atoms with E-state index in [4.69, 9.17) is 0 Å². The summed E-state index contributed by atoms with van der Waals surface area (Å²) in [4.78, 5) is 18.6. The third kappa shape index (κ3) is 3.19. The van der Waals surface area contributed by atoms with Crippen molar-refractivity contribution in [3.8, 4) is 0 Å². The number of benzene rings is 2. The van der Waals surface area contributed by atoms with Crippen LogP contribution in [0.1, 0.15) is 12.4 Å². The number of nitrogens with zero attached hydrogens (tertiary/aromatic N) is 5. The Morgan fingerprint density at radius 2 is 1.85 bits per heavy atom. The maximum atomic E-state index is 13.5. The first-order valence-corrected chi connectivity index (χ1v) is 8.42. The molecule has 4 aromatic rings. The molecule has 27 heavy (non-hydrogen) atoms. The average Bonchev–Trinajstić information content (AvgIpc) is 3.02. The van der Waals surface area contributed by atoms with Crippen LogP contribution < -0.4 is 5.56 Å². The molecule has 0 aliphatic carbocycles. The zero-order chi connectivity index (χ0) is 19.0. The van der Waals surface area contributed by atoms with Crippen molar-refractivity contribution in [1.82, 2.24) is 24.2 Å². The normalized spacial score (nSPS) is 11.9. The monoisotopic (exact) mass is 369 g/mol. The molecule has 0 spiro atoms. The molecule has 8 heteroatoms. The van der Waals surface area contributed by atoms with E-state index in [2.05, 4.69) is 10.1 Å². The molecule has 138 valence electrons. The molecular weight excluding hydrogens is 352 g/mol. The van der Waals surface area contributed by atoms with E-state index in [0.29, 0.717) is 16.4 Å². The van der Waals surface area contributed by atoms with Gasteiger partial charge in [0.1, 0.15) is 5.82 Å². The lowest BCUT2D eigenvalue weighted by atomic mass is 10.2. The number of imidazole rings is 1. The first-order chi connectivity index (χ1) is 13.0. The molecule has 0 aliphatic rings. The van der Waals surface area contributed by atoms with Crippen LogP contribution >= 0.6 is 0 Å². The van der Waals surface area contributed by atoms with Gasteiger partial charge >= 0.3 is 6.55 Å². The van der Waals surface area contributed by atoms with E-state index < -0.39 is 6.55 Å². The summed E-state index contributed by atoms with van der Waals surface area (Å²) in [7, 11) is 1.73. The Hall–Kier alpha value is -3.13. The summed E-state index contributed by atoms with van der Waals surface area (Å²) in [5.41, 5.74) is 0.682. The van der Waals surface area contributed by atoms with Crippen molar-refractivity contribution in [3.05, 3.63) is 70.9 Å². The molecule has 0 saturated carbocycles. The van der Waals surface area contributed by atoms with Gasteiger partial charge in [0.25, 0.3) is 5.56 Å². The first kappa shape index (κ1) is 17.3. The van der Waals surface area contributed by atoms with Gasteiger partial charge in [-0.05, 0) is 25.2 Å². The van der Waals surface area contributed by atoms with Crippen LogP contribution in [0.3, 0.4) is 0 Å². The minimum atomic E-state index is -2.69. The third-order valence-corrected chi connectivity index (χ3v) is 4.41. The van der Waals surface area contributed by atoms with Gasteiger partial charge < -0.3 is 0 Å². The van der Waals surface area contributed by atoms with E-state index >= 15 is 0 Å². The van der Waals surface area contributed by atoms with Gasteiger partial charge in [0.05, 0.1) is 35.8 Å². The number of alkyl halides is 2. The maximum Gasteiger partial charge on any atom is 0.320 e. The highest BCUT2D eigenvalue weighted by molar-refractivity contribution is 5.80. The van der Waals surface area contributed by atoms with Crippen molar-refractivity contribution in [2.24, 2.45) is 0 Å². The summed E-state index contributed by atoms with van der Waals surface area (Å²) < 4.78 is 29.3. The average molecular weight is 369 g/mol. The van der Waals surface area contributed by atoms with Crippen molar-refractivity contribution in [2.45, 2.75) is 19.8 Å². The predicted molar refractivity (Wildman–Crippen MR) is 98.5 cm³/mol. The molecule has 0 atom stereocenters. The Bertz CT molecular complexity index is 1170. The van der Waals surface area contributed by atoms with Gasteiger partial charge in [-0.25, -0.2) is 9.67 Å². The fourth-order valence-electron chi connectivity index (χ4n) is 3.17. The molecule has 0 radical (unpaired) electrons. The van der Waals surface area contributed by atoms with Crippen molar-refractivity contribution >= 4 is 21.8 Å². The Balaban J connectivity index is 1.63. The van der Waals surface area contributed by atoms with Crippen LogP contribution in [0.25, 0.3) is 21.8 Å². The fourth-order valence-corrected chi connectivity index (χ4v) is 3.17. The SMILES string of the molecule is CN(Cc1nc2ccccc2n1C(F)F)Cn1ncc2ccccc2c1=O. The highest BCUT2D eigenvalue weighted by Crippen LogP contribution is 2.23. The van der Waals surface area contributed by atoms with Crippen LogP contribution in [-0.4, -0.2) is 31.3 Å². The summed E-state index contributed by atoms with van der Waals surface area (Å²) >= 11 is 0. The number of rotatable bonds is 5. The van der Waals surface area contributed by atoms with Gasteiger partial charge in [-0.2, -0.15) is 13.9 Å². The molecule has 2 heterocycles. The largest absolute Gasteiger partial charge is 0.320 e. The van der Waals surface area contributed by atoms with Gasteiger partial charge in [-0.1, -0.05) is 30.3 Å². The summed E-state index contributed by atoms with van der Waals surface area (Å²) in [5, 5.41) is 5.51. The molecule has 6 nitrogen and oxygen atoms in total. The summed E-state index contributed by atoms with van der Waals surface area (Å²) in [5.74, 6) is 0.238. The molecule has 0 saturated heterocycles. The second-order valence-corrected chi connectivity index (χ2v) is 6.36. The Kier molecular flexibility index (Phi) is 4.41. The minimum absolute atomic E-state index is 0.153. The summed E-state index contributed by atoms with van der Waals surface area (Å²) in [6.07, 6.45) is 1.62. The predicted octanol–water partition coefficient (Wildman–Crippen LogP) is 3.23. The second kappa shape index (κ2) is 6.88. The van der Waals surface area contributed by atoms with Gasteiger partial charge in [0.2, 0.25) is 0 Å². The lowest BCUT2D eigenvalue weighted by Crippen LogP contribution is -2.32. The van der Waals surface area contributed by atoms with Crippen LogP contribution in [0.15, 0.2) is 59.5 Å². The zero-order valence-corrected chi connectivity index (χ0v) is 14.6. The molecule has 0 fully saturated rings. The molecule has 0 aliphatic heterocycles. The van der Waals surface area contributed by atoms with E-state index in [1.165, 1.54) is 4.68 Å². The second-order valence-electron chi connectivity index (χ2n) is 6.36. The molecule has 0 amide bonds. The Morgan fingerprint density at radius 3 is 2.67 bits per heavy atom. The molecule has 4 rings (SSSR count). The summed E-state index contributed by atoms with van der Waals surface area (Å²) in [6, 6.07) is 14.0.